The van der Waals surface area contributed by atoms with Crippen LogP contribution in [-0.4, -0.2) is 23.8 Å². The minimum Gasteiger partial charge on any atom is -0.285 e. The number of hydrogen-bond donors (Lipinski definition) is 0. The Hall–Kier alpha value is -0.860. The molecule has 0 heterocycles. The van der Waals surface area contributed by atoms with Crippen molar-refractivity contribution in [2.75, 3.05) is 7.05 Å². The fourth-order valence-electron chi connectivity index (χ4n) is 5.06. The molecule has 0 aromatic heterocycles. The summed E-state index contributed by atoms with van der Waals surface area (Å²) in [6, 6.07) is 0. The van der Waals surface area contributed by atoms with Crippen molar-refractivity contribution in [3.05, 3.63) is 0 Å². The molecule has 0 aliphatic heterocycles. The molecule has 0 N–H and O–H groups in total. The van der Waals surface area contributed by atoms with Gasteiger partial charge in [-0.25, -0.2) is 0 Å². The quantitative estimate of drug-likeness (QED) is 0.673. The van der Waals surface area contributed by atoms with Gasteiger partial charge in [0.25, 0.3) is 0 Å². The van der Waals surface area contributed by atoms with Crippen molar-refractivity contribution in [2.45, 2.75) is 81.1 Å². The van der Waals surface area contributed by atoms with Crippen LogP contribution in [0.25, 0.3) is 0 Å². The summed E-state index contributed by atoms with van der Waals surface area (Å²) in [5.41, 5.74) is -1.08. The maximum absolute atomic E-state index is 13.4. The summed E-state index contributed by atoms with van der Waals surface area (Å²) in [7, 11) is 1.71. The first kappa shape index (κ1) is 19.5. The van der Waals surface area contributed by atoms with Crippen LogP contribution in [0.5, 0.6) is 0 Å². The Morgan fingerprint density at radius 1 is 0.750 bits per heavy atom. The molecule has 3 nitrogen and oxygen atoms in total. The van der Waals surface area contributed by atoms with E-state index in [9.17, 15) is 9.59 Å². The van der Waals surface area contributed by atoms with E-state index in [1.807, 2.05) is 0 Å². The molecular formula is C21H37NO2. The fraction of sp³-hybridized carbons (Fsp3) is 0.905. The Morgan fingerprint density at radius 2 is 1.04 bits per heavy atom. The van der Waals surface area contributed by atoms with Gasteiger partial charge in [0.15, 0.2) is 0 Å². The lowest BCUT2D eigenvalue weighted by Gasteiger charge is -2.45. The van der Waals surface area contributed by atoms with E-state index in [0.717, 1.165) is 25.7 Å². The monoisotopic (exact) mass is 335 g/mol. The molecule has 2 amide bonds. The van der Waals surface area contributed by atoms with Crippen LogP contribution in [0.3, 0.4) is 0 Å². The van der Waals surface area contributed by atoms with Gasteiger partial charge in [0.2, 0.25) is 11.8 Å². The zero-order chi connectivity index (χ0) is 18.7. The number of carbonyl (C=O) groups excluding carboxylic acids is 2. The highest BCUT2D eigenvalue weighted by Gasteiger charge is 2.59. The lowest BCUT2D eigenvalue weighted by molar-refractivity contribution is -0.161. The van der Waals surface area contributed by atoms with Gasteiger partial charge in [-0.2, -0.15) is 0 Å². The first-order chi connectivity index (χ1) is 10.7. The van der Waals surface area contributed by atoms with Gasteiger partial charge in [-0.3, -0.25) is 14.5 Å². The first-order valence-corrected chi connectivity index (χ1v) is 9.56. The fourth-order valence-corrected chi connectivity index (χ4v) is 5.06. The summed E-state index contributed by atoms with van der Waals surface area (Å²) in [6.45, 7) is 17.3. The van der Waals surface area contributed by atoms with E-state index in [2.05, 4.69) is 55.4 Å². The topological polar surface area (TPSA) is 37.4 Å². The third-order valence-corrected chi connectivity index (χ3v) is 9.02. The summed E-state index contributed by atoms with van der Waals surface area (Å²) in [5, 5.41) is 0. The number of hydrogen-bond acceptors (Lipinski definition) is 2. The first-order valence-electron chi connectivity index (χ1n) is 9.56. The van der Waals surface area contributed by atoms with Gasteiger partial charge in [0.05, 0.1) is 10.8 Å². The van der Waals surface area contributed by atoms with Gasteiger partial charge in [0, 0.05) is 7.05 Å². The highest BCUT2D eigenvalue weighted by molar-refractivity contribution is 6.01. The van der Waals surface area contributed by atoms with Crippen molar-refractivity contribution < 1.29 is 9.59 Å². The summed E-state index contributed by atoms with van der Waals surface area (Å²) < 4.78 is 0. The van der Waals surface area contributed by atoms with Crippen LogP contribution in [-0.2, 0) is 9.59 Å². The number of carbonyl (C=O) groups is 2. The van der Waals surface area contributed by atoms with Gasteiger partial charge in [0.1, 0.15) is 0 Å². The molecule has 0 radical (unpaired) electrons. The number of amides is 2. The van der Waals surface area contributed by atoms with Crippen LogP contribution in [0.2, 0.25) is 0 Å². The standard InChI is InChI=1S/C21H37NO2/c1-14-10-12-20(7,18(14,3)4)16(23)22(9)17(24)21(8)13-11-15(2)19(21,5)6/h14-15H,10-13H2,1-9H3/t14-,15-,20-,21+/m0/s1. The summed E-state index contributed by atoms with van der Waals surface area (Å²) in [6.07, 6.45) is 3.84. The molecule has 24 heavy (non-hydrogen) atoms. The molecule has 3 heteroatoms. The number of rotatable bonds is 2. The molecule has 2 saturated carbocycles. The molecule has 2 aliphatic rings. The maximum Gasteiger partial charge on any atom is 0.235 e. The van der Waals surface area contributed by atoms with Crippen LogP contribution in [0.15, 0.2) is 0 Å². The van der Waals surface area contributed by atoms with E-state index < -0.39 is 10.8 Å². The van der Waals surface area contributed by atoms with Gasteiger partial charge in [-0.15, -0.1) is 0 Å². The van der Waals surface area contributed by atoms with Crippen molar-refractivity contribution in [1.82, 2.24) is 4.90 Å². The van der Waals surface area contributed by atoms with Gasteiger partial charge < -0.3 is 0 Å². The van der Waals surface area contributed by atoms with E-state index >= 15 is 0 Å². The van der Waals surface area contributed by atoms with Gasteiger partial charge in [-0.1, -0.05) is 55.4 Å². The normalized spacial score (nSPS) is 40.5. The van der Waals surface area contributed by atoms with Crippen LogP contribution in [0.4, 0.5) is 0 Å². The molecule has 0 spiro atoms. The minimum absolute atomic E-state index is 0.0124. The predicted octanol–water partition coefficient (Wildman–Crippen LogP) is 4.90. The number of nitrogens with zero attached hydrogens (tertiary/aromatic N) is 1. The number of imide groups is 1. The molecule has 2 fully saturated rings. The van der Waals surface area contributed by atoms with E-state index in [1.165, 1.54) is 4.90 Å². The lowest BCUT2D eigenvalue weighted by Crippen LogP contribution is -2.54. The second-order valence-electron chi connectivity index (χ2n) is 10.2. The van der Waals surface area contributed by atoms with Crippen LogP contribution >= 0.6 is 0 Å². The predicted molar refractivity (Wildman–Crippen MR) is 98.3 cm³/mol. The van der Waals surface area contributed by atoms with Crippen molar-refractivity contribution >= 4 is 11.8 Å². The summed E-state index contributed by atoms with van der Waals surface area (Å²) in [5.74, 6) is 1.01. The van der Waals surface area contributed by atoms with E-state index in [4.69, 9.17) is 0 Å². The van der Waals surface area contributed by atoms with Crippen molar-refractivity contribution in [3.8, 4) is 0 Å². The van der Waals surface area contributed by atoms with Gasteiger partial charge >= 0.3 is 0 Å². The highest BCUT2D eigenvalue weighted by atomic mass is 16.2. The van der Waals surface area contributed by atoms with Gasteiger partial charge in [-0.05, 0) is 48.3 Å². The Labute approximate surface area is 148 Å². The zero-order valence-corrected chi connectivity index (χ0v) is 17.2. The largest absolute Gasteiger partial charge is 0.285 e. The Balaban J connectivity index is 2.31. The second-order valence-corrected chi connectivity index (χ2v) is 10.2. The van der Waals surface area contributed by atoms with Crippen LogP contribution < -0.4 is 0 Å². The minimum atomic E-state index is -0.457. The second kappa shape index (κ2) is 5.57. The maximum atomic E-state index is 13.4. The van der Waals surface area contributed by atoms with Crippen LogP contribution in [0, 0.1) is 33.5 Å². The van der Waals surface area contributed by atoms with E-state index in [-0.39, 0.29) is 22.6 Å². The molecule has 138 valence electrons. The van der Waals surface area contributed by atoms with Crippen LogP contribution in [0.1, 0.15) is 81.1 Å². The molecule has 0 saturated heterocycles. The molecular weight excluding hydrogens is 298 g/mol. The highest BCUT2D eigenvalue weighted by Crippen LogP contribution is 2.59. The van der Waals surface area contributed by atoms with Crippen molar-refractivity contribution in [2.24, 2.45) is 33.5 Å². The zero-order valence-electron chi connectivity index (χ0n) is 17.2. The van der Waals surface area contributed by atoms with E-state index in [0.29, 0.717) is 11.8 Å². The molecule has 0 aromatic carbocycles. The van der Waals surface area contributed by atoms with Crippen molar-refractivity contribution in [3.63, 3.8) is 0 Å². The molecule has 0 aromatic rings. The van der Waals surface area contributed by atoms with Crippen molar-refractivity contribution in [1.29, 1.82) is 0 Å². The average molecular weight is 336 g/mol. The average Bonchev–Trinajstić information content (AvgIpc) is 2.85. The molecule has 4 atom stereocenters. The third-order valence-electron chi connectivity index (χ3n) is 9.02. The summed E-state index contributed by atoms with van der Waals surface area (Å²) >= 11 is 0. The molecule has 0 unspecified atom stereocenters. The Bertz CT molecular complexity index is 502. The van der Waals surface area contributed by atoms with E-state index in [1.54, 1.807) is 7.05 Å². The SMILES string of the molecule is C[C@H]1CC[C@@](C)(C(=O)N(C)C(=O)[C@@]2(C)CC[C@H](C)C2(C)C)C1(C)C. The lowest BCUT2D eigenvalue weighted by atomic mass is 9.63. The Kier molecular flexibility index (Phi) is 4.52. The summed E-state index contributed by atoms with van der Waals surface area (Å²) in [4.78, 5) is 28.2. The Morgan fingerprint density at radius 3 is 1.25 bits per heavy atom. The molecule has 2 aliphatic carbocycles. The third kappa shape index (κ3) is 2.29. The molecule has 0 bridgehead atoms. The smallest absolute Gasteiger partial charge is 0.235 e. The molecule has 2 rings (SSSR count).